The molecule has 1 aromatic carbocycles. The Bertz CT molecular complexity index is 1960. The Morgan fingerprint density at radius 3 is 2.62 bits per heavy atom. The number of halogens is 2. The molecule has 2 heterocycles. The first-order chi connectivity index (χ1) is 24.7. The van der Waals surface area contributed by atoms with E-state index in [0.29, 0.717) is 37.9 Å². The van der Waals surface area contributed by atoms with Gasteiger partial charge in [0.15, 0.2) is 12.4 Å². The van der Waals surface area contributed by atoms with Gasteiger partial charge in [-0.2, -0.15) is 0 Å². The lowest BCUT2D eigenvalue weighted by Crippen LogP contribution is -2.62. The Kier molecular flexibility index (Phi) is 8.79. The standard InChI is InChI=1S/C40H49ClFN3O7/c1-38-12-10-24(46)15-21(38)6-9-25-28-11-13-40(51,39(28,2)17-30(47)32(25)38)31(48)20-52-37(50)27-19-45(23-7-8-23)34-26(36(27)49)16-29(42)35(33(34)41)44-14-4-3-5-22(43)18-44/h15-16,19,22-23,25,28,30,32,47,51H,3-14,17-18,20,43H2,1-2H3/t22-,25+,28+,30+,32?,38+,39+,40+/m0/s1. The van der Waals surface area contributed by atoms with Crippen LogP contribution in [0.15, 0.2) is 28.7 Å². The van der Waals surface area contributed by atoms with Gasteiger partial charge in [-0.25, -0.2) is 9.18 Å². The summed E-state index contributed by atoms with van der Waals surface area (Å²) in [6.07, 6.45) is 10.2. The van der Waals surface area contributed by atoms with Gasteiger partial charge >= 0.3 is 5.97 Å². The molecule has 1 aliphatic heterocycles. The fraction of sp³-hybridized carbons (Fsp3) is 0.650. The van der Waals surface area contributed by atoms with Gasteiger partial charge in [0, 0.05) is 43.2 Å². The maximum atomic E-state index is 15.8. The van der Waals surface area contributed by atoms with E-state index >= 15 is 4.39 Å². The van der Waals surface area contributed by atoms with Crippen molar-refractivity contribution >= 4 is 45.7 Å². The predicted molar refractivity (Wildman–Crippen MR) is 194 cm³/mol. The highest BCUT2D eigenvalue weighted by molar-refractivity contribution is 6.38. The zero-order chi connectivity index (χ0) is 36.9. The van der Waals surface area contributed by atoms with Gasteiger partial charge in [0.1, 0.15) is 17.0 Å². The molecule has 2 aromatic rings. The van der Waals surface area contributed by atoms with Crippen LogP contribution in [0, 0.1) is 34.4 Å². The Labute approximate surface area is 307 Å². The van der Waals surface area contributed by atoms with E-state index in [9.17, 15) is 29.4 Å². The van der Waals surface area contributed by atoms with E-state index in [2.05, 4.69) is 6.92 Å². The minimum atomic E-state index is -1.84. The largest absolute Gasteiger partial charge is 0.454 e. The average Bonchev–Trinajstić information content (AvgIpc) is 3.92. The molecule has 1 aromatic heterocycles. The highest BCUT2D eigenvalue weighted by Gasteiger charge is 2.68. The summed E-state index contributed by atoms with van der Waals surface area (Å²) in [6.45, 7) is 4.27. The molecular weight excluding hydrogens is 689 g/mol. The quantitative estimate of drug-likeness (QED) is 0.331. The molecule has 1 unspecified atom stereocenters. The first-order valence-electron chi connectivity index (χ1n) is 19.1. The molecule has 8 rings (SSSR count). The predicted octanol–water partition coefficient (Wildman–Crippen LogP) is 5.41. The van der Waals surface area contributed by atoms with Crippen LogP contribution >= 0.6 is 11.6 Å². The lowest BCUT2D eigenvalue weighted by atomic mass is 9.45. The van der Waals surface area contributed by atoms with Crippen molar-refractivity contribution in [2.45, 2.75) is 115 Å². The Hall–Kier alpha value is -3.12. The number of nitrogens with zero attached hydrogens (tertiary/aromatic N) is 2. The number of aromatic nitrogens is 1. The first-order valence-corrected chi connectivity index (χ1v) is 19.5. The van der Waals surface area contributed by atoms with Gasteiger partial charge < -0.3 is 30.2 Å². The number of fused-ring (bicyclic) bond motifs is 6. The molecule has 4 N–H and O–H groups in total. The maximum absolute atomic E-state index is 15.8. The van der Waals surface area contributed by atoms with Gasteiger partial charge in [-0.1, -0.05) is 37.4 Å². The van der Waals surface area contributed by atoms with Crippen LogP contribution in [0.2, 0.25) is 5.02 Å². The second kappa shape index (κ2) is 12.7. The summed E-state index contributed by atoms with van der Waals surface area (Å²) >= 11 is 6.92. The lowest BCUT2D eigenvalue weighted by molar-refractivity contribution is -0.182. The molecule has 8 atom stereocenters. The van der Waals surface area contributed by atoms with Crippen LogP contribution in [0.5, 0.6) is 0 Å². The lowest BCUT2D eigenvalue weighted by Gasteiger charge is -2.60. The number of ketones is 2. The van der Waals surface area contributed by atoms with Crippen molar-refractivity contribution in [3.8, 4) is 0 Å². The van der Waals surface area contributed by atoms with Crippen molar-refractivity contribution in [3.05, 3.63) is 50.5 Å². The minimum absolute atomic E-state index is 0.0395. The average molecular weight is 738 g/mol. The maximum Gasteiger partial charge on any atom is 0.344 e. The molecule has 0 spiro atoms. The molecule has 5 aliphatic carbocycles. The van der Waals surface area contributed by atoms with E-state index in [0.717, 1.165) is 56.6 Å². The number of anilines is 1. The van der Waals surface area contributed by atoms with E-state index in [1.165, 1.54) is 6.20 Å². The highest BCUT2D eigenvalue weighted by atomic mass is 35.5. The summed E-state index contributed by atoms with van der Waals surface area (Å²) in [5.74, 6) is -2.30. The molecule has 0 radical (unpaired) electrons. The number of pyridine rings is 1. The van der Waals surface area contributed by atoms with Crippen LogP contribution in [0.1, 0.15) is 107 Å². The van der Waals surface area contributed by atoms with Crippen molar-refractivity contribution in [3.63, 3.8) is 0 Å². The van der Waals surface area contributed by atoms with Crippen LogP contribution in [0.3, 0.4) is 0 Å². The fourth-order valence-electron chi connectivity index (χ4n) is 11.4. The molecular formula is C40H49ClFN3O7. The summed E-state index contributed by atoms with van der Waals surface area (Å²) < 4.78 is 23.1. The number of allylic oxidation sites excluding steroid dienone is 1. The molecule has 0 bridgehead atoms. The van der Waals surface area contributed by atoms with Gasteiger partial charge in [-0.05, 0) is 99.5 Å². The third-order valence-corrected chi connectivity index (χ3v) is 14.6. The van der Waals surface area contributed by atoms with E-state index in [4.69, 9.17) is 22.1 Å². The number of carbonyl (C=O) groups is 3. The van der Waals surface area contributed by atoms with Gasteiger partial charge in [-0.15, -0.1) is 0 Å². The monoisotopic (exact) mass is 737 g/mol. The number of benzene rings is 1. The third kappa shape index (κ3) is 5.42. The van der Waals surface area contributed by atoms with Crippen molar-refractivity contribution in [1.29, 1.82) is 0 Å². The van der Waals surface area contributed by atoms with E-state index in [1.54, 1.807) is 10.6 Å². The number of carbonyl (C=O) groups excluding carboxylic acids is 3. The van der Waals surface area contributed by atoms with E-state index < -0.39 is 46.7 Å². The first kappa shape index (κ1) is 35.9. The summed E-state index contributed by atoms with van der Waals surface area (Å²) in [6, 6.07) is 0.954. The fourth-order valence-corrected chi connectivity index (χ4v) is 11.8. The van der Waals surface area contributed by atoms with Crippen LogP contribution in [0.25, 0.3) is 10.9 Å². The summed E-state index contributed by atoms with van der Waals surface area (Å²) in [4.78, 5) is 55.4. The number of Topliss-reactive ketones (excluding diaryl/α,β-unsaturated/α-hetero) is 1. The normalized spacial score (nSPS) is 36.1. The Morgan fingerprint density at radius 2 is 1.87 bits per heavy atom. The van der Waals surface area contributed by atoms with Crippen molar-refractivity contribution in [1.82, 2.24) is 4.57 Å². The van der Waals surface area contributed by atoms with Gasteiger partial charge in [-0.3, -0.25) is 14.4 Å². The van der Waals surface area contributed by atoms with Crippen LogP contribution in [0.4, 0.5) is 10.1 Å². The minimum Gasteiger partial charge on any atom is -0.454 e. The molecule has 4 saturated carbocycles. The number of ether oxygens (including phenoxy) is 1. The van der Waals surface area contributed by atoms with Crippen molar-refractivity contribution < 1.29 is 33.7 Å². The molecule has 0 amide bonds. The van der Waals surface area contributed by atoms with Gasteiger partial charge in [0.2, 0.25) is 11.2 Å². The smallest absolute Gasteiger partial charge is 0.344 e. The van der Waals surface area contributed by atoms with Crippen LogP contribution in [-0.2, 0) is 14.3 Å². The number of nitrogens with two attached hydrogens (primary N) is 1. The Balaban J connectivity index is 1.04. The third-order valence-electron chi connectivity index (χ3n) is 14.2. The van der Waals surface area contributed by atoms with Crippen LogP contribution < -0.4 is 16.1 Å². The molecule has 280 valence electrons. The zero-order valence-electron chi connectivity index (χ0n) is 30.0. The number of esters is 1. The molecule has 5 fully saturated rings. The van der Waals surface area contributed by atoms with Crippen LogP contribution in [-0.4, -0.2) is 69.8 Å². The number of hydrogen-bond acceptors (Lipinski definition) is 9. The van der Waals surface area contributed by atoms with Gasteiger partial charge in [0.05, 0.1) is 27.7 Å². The van der Waals surface area contributed by atoms with Gasteiger partial charge in [0.25, 0.3) is 0 Å². The SMILES string of the molecule is C[C@@]12CCC(=O)C=C1CC[C@H]1C2[C@H](O)C[C@]2(C)[C@@H]1CC[C@@]2(O)C(=O)COC(=O)c1cn(C2CC2)c2c(Cl)c(N3CCCC[C@H](N)C3)c(F)cc2c1=O. The molecule has 12 heteroatoms. The summed E-state index contributed by atoms with van der Waals surface area (Å²) in [5.41, 5.74) is 3.73. The number of aliphatic hydroxyl groups is 2. The summed E-state index contributed by atoms with van der Waals surface area (Å²) in [5, 5.41) is 23.9. The molecule has 6 aliphatic rings. The van der Waals surface area contributed by atoms with Crippen molar-refractivity contribution in [2.24, 2.45) is 34.3 Å². The number of hydrogen-bond donors (Lipinski definition) is 3. The highest BCUT2D eigenvalue weighted by Crippen LogP contribution is 2.67. The zero-order valence-corrected chi connectivity index (χ0v) is 30.7. The Morgan fingerprint density at radius 1 is 1.10 bits per heavy atom. The number of aliphatic hydroxyl groups excluding tert-OH is 1. The van der Waals surface area contributed by atoms with E-state index in [1.807, 2.05) is 11.8 Å². The second-order valence-corrected chi connectivity index (χ2v) is 17.5. The molecule has 52 heavy (non-hydrogen) atoms. The summed E-state index contributed by atoms with van der Waals surface area (Å²) in [7, 11) is 0. The number of rotatable bonds is 6. The second-order valence-electron chi connectivity index (χ2n) is 17.1. The molecule has 1 saturated heterocycles. The van der Waals surface area contributed by atoms with Crippen molar-refractivity contribution in [2.75, 3.05) is 24.6 Å². The topological polar surface area (TPSA) is 152 Å². The van der Waals surface area contributed by atoms with E-state index in [-0.39, 0.29) is 75.5 Å². The molecule has 10 nitrogen and oxygen atoms in total.